The second-order valence-electron chi connectivity index (χ2n) is 6.43. The van der Waals surface area contributed by atoms with Crippen LogP contribution >= 0.6 is 0 Å². The van der Waals surface area contributed by atoms with Crippen LogP contribution in [0.1, 0.15) is 44.1 Å². The lowest BCUT2D eigenvalue weighted by atomic mass is 9.83. The van der Waals surface area contributed by atoms with Gasteiger partial charge in [-0.2, -0.15) is 0 Å². The van der Waals surface area contributed by atoms with Gasteiger partial charge in [-0.25, -0.2) is 0 Å². The fourth-order valence-corrected chi connectivity index (χ4v) is 4.58. The lowest BCUT2D eigenvalue weighted by Gasteiger charge is -2.41. The molecule has 2 nitrogen and oxygen atoms in total. The molecule has 1 aromatic rings. The van der Waals surface area contributed by atoms with Crippen molar-refractivity contribution >= 4 is 16.4 Å². The van der Waals surface area contributed by atoms with Gasteiger partial charge in [-0.1, -0.05) is 42.8 Å². The first-order chi connectivity index (χ1) is 10.2. The molecular weight excluding hydrogens is 278 g/mol. The van der Waals surface area contributed by atoms with Gasteiger partial charge in [0.25, 0.3) is 0 Å². The van der Waals surface area contributed by atoms with Gasteiger partial charge in [0, 0.05) is 29.6 Å². The average Bonchev–Trinajstić information content (AvgIpc) is 2.47. The Bertz CT molecular complexity index is 533. The van der Waals surface area contributed by atoms with Crippen LogP contribution in [0.15, 0.2) is 36.4 Å². The molecule has 2 aliphatic rings. The number of allylic oxidation sites excluding steroid dienone is 1. The fraction of sp³-hybridized carbons (Fsp3) is 0.556. The molecule has 21 heavy (non-hydrogen) atoms. The zero-order valence-electron chi connectivity index (χ0n) is 12.8. The summed E-state index contributed by atoms with van der Waals surface area (Å²) in [6, 6.07) is 11.1. The number of nitrogens with one attached hydrogen (secondary N) is 1. The molecule has 1 fully saturated rings. The molecule has 3 rings (SSSR count). The first-order valence-corrected chi connectivity index (χ1v) is 9.58. The summed E-state index contributed by atoms with van der Waals surface area (Å²) in [5.41, 5.74) is 2.81. The molecule has 114 valence electrons. The van der Waals surface area contributed by atoms with Crippen LogP contribution < -0.4 is 5.32 Å². The highest BCUT2D eigenvalue weighted by Gasteiger charge is 2.40. The summed E-state index contributed by atoms with van der Waals surface area (Å²) in [5.74, 6) is 0. The Labute approximate surface area is 130 Å². The van der Waals surface area contributed by atoms with Crippen molar-refractivity contribution in [3.05, 3.63) is 42.0 Å². The Morgan fingerprint density at radius 1 is 1.24 bits per heavy atom. The summed E-state index contributed by atoms with van der Waals surface area (Å²) in [7, 11) is -0.714. The van der Waals surface area contributed by atoms with E-state index in [9.17, 15) is 4.21 Å². The van der Waals surface area contributed by atoms with Crippen LogP contribution in [0.2, 0.25) is 0 Å². The maximum Gasteiger partial charge on any atom is 0.0580 e. The first-order valence-electron chi connectivity index (χ1n) is 8.03. The van der Waals surface area contributed by atoms with Gasteiger partial charge in [-0.05, 0) is 43.2 Å². The molecule has 2 atom stereocenters. The van der Waals surface area contributed by atoms with Gasteiger partial charge >= 0.3 is 0 Å². The van der Waals surface area contributed by atoms with Gasteiger partial charge in [0.05, 0.1) is 4.75 Å². The molecule has 0 saturated heterocycles. The molecule has 0 heterocycles. The minimum Gasteiger partial charge on any atom is -0.309 e. The summed E-state index contributed by atoms with van der Waals surface area (Å²) in [5, 5.41) is 3.68. The SMILES string of the molecule is CS(=O)C1(CNC2C=C(c3ccccc3)CCC2)CCC1. The topological polar surface area (TPSA) is 29.1 Å². The zero-order chi connectivity index (χ0) is 14.7. The van der Waals surface area contributed by atoms with Crippen molar-refractivity contribution in [2.24, 2.45) is 0 Å². The Balaban J connectivity index is 1.65. The van der Waals surface area contributed by atoms with Gasteiger partial charge in [-0.3, -0.25) is 4.21 Å². The molecule has 1 N–H and O–H groups in total. The second-order valence-corrected chi connectivity index (χ2v) is 8.20. The molecule has 0 aliphatic heterocycles. The summed E-state index contributed by atoms with van der Waals surface area (Å²) in [4.78, 5) is 0. The lowest BCUT2D eigenvalue weighted by molar-refractivity contribution is 0.324. The van der Waals surface area contributed by atoms with Crippen molar-refractivity contribution in [2.45, 2.75) is 49.3 Å². The number of benzene rings is 1. The first kappa shape index (κ1) is 15.0. The predicted octanol–water partition coefficient (Wildman–Crippen LogP) is 3.51. The zero-order valence-corrected chi connectivity index (χ0v) is 13.6. The van der Waals surface area contributed by atoms with Crippen LogP contribution in [0, 0.1) is 0 Å². The van der Waals surface area contributed by atoms with Crippen LogP contribution in [-0.2, 0) is 10.8 Å². The Morgan fingerprint density at radius 2 is 2.00 bits per heavy atom. The van der Waals surface area contributed by atoms with E-state index >= 15 is 0 Å². The molecule has 1 aromatic carbocycles. The van der Waals surface area contributed by atoms with Gasteiger partial charge in [-0.15, -0.1) is 0 Å². The van der Waals surface area contributed by atoms with Gasteiger partial charge in [0.1, 0.15) is 0 Å². The largest absolute Gasteiger partial charge is 0.309 e. The van der Waals surface area contributed by atoms with Crippen molar-refractivity contribution in [3.63, 3.8) is 0 Å². The van der Waals surface area contributed by atoms with E-state index in [4.69, 9.17) is 0 Å². The third kappa shape index (κ3) is 3.29. The smallest absolute Gasteiger partial charge is 0.0580 e. The lowest BCUT2D eigenvalue weighted by Crippen LogP contribution is -2.51. The number of rotatable bonds is 5. The quantitative estimate of drug-likeness (QED) is 0.902. The minimum absolute atomic E-state index is 0.0538. The monoisotopic (exact) mass is 303 g/mol. The molecule has 0 aromatic heterocycles. The Kier molecular flexibility index (Phi) is 4.60. The normalized spacial score (nSPS) is 25.8. The van der Waals surface area contributed by atoms with E-state index in [2.05, 4.69) is 41.7 Å². The number of hydrogen-bond acceptors (Lipinski definition) is 2. The van der Waals surface area contributed by atoms with Crippen molar-refractivity contribution in [1.29, 1.82) is 0 Å². The van der Waals surface area contributed by atoms with E-state index < -0.39 is 10.8 Å². The van der Waals surface area contributed by atoms with E-state index in [-0.39, 0.29) is 4.75 Å². The summed E-state index contributed by atoms with van der Waals surface area (Å²) >= 11 is 0. The summed E-state index contributed by atoms with van der Waals surface area (Å²) in [6.45, 7) is 0.902. The summed E-state index contributed by atoms with van der Waals surface area (Å²) < 4.78 is 12.0. The van der Waals surface area contributed by atoms with Crippen molar-refractivity contribution < 1.29 is 4.21 Å². The standard InChI is InChI=1S/C18H25NOS/c1-21(20)18(11-6-12-18)14-19-17-10-5-9-16(13-17)15-7-3-2-4-8-15/h2-4,7-8,13,17,19H,5-6,9-12,14H2,1H3. The second kappa shape index (κ2) is 6.45. The van der Waals surface area contributed by atoms with Gasteiger partial charge in [0.2, 0.25) is 0 Å². The number of hydrogen-bond donors (Lipinski definition) is 1. The molecule has 0 bridgehead atoms. The third-order valence-corrected chi connectivity index (χ3v) is 6.84. The van der Waals surface area contributed by atoms with Crippen LogP contribution in [0.25, 0.3) is 5.57 Å². The van der Waals surface area contributed by atoms with Crippen LogP contribution in [-0.4, -0.2) is 27.8 Å². The van der Waals surface area contributed by atoms with Crippen molar-refractivity contribution in [1.82, 2.24) is 5.32 Å². The highest BCUT2D eigenvalue weighted by atomic mass is 32.2. The van der Waals surface area contributed by atoms with Crippen LogP contribution in [0.5, 0.6) is 0 Å². The molecule has 1 saturated carbocycles. The third-order valence-electron chi connectivity index (χ3n) is 5.07. The maximum atomic E-state index is 12.0. The van der Waals surface area contributed by atoms with Crippen molar-refractivity contribution in [3.8, 4) is 0 Å². The van der Waals surface area contributed by atoms with Crippen molar-refractivity contribution in [2.75, 3.05) is 12.8 Å². The molecule has 2 aliphatic carbocycles. The van der Waals surface area contributed by atoms with E-state index in [0.717, 1.165) is 19.4 Å². The fourth-order valence-electron chi connectivity index (χ4n) is 3.43. The summed E-state index contributed by atoms with van der Waals surface area (Å²) in [6.07, 6.45) is 11.3. The molecule has 2 unspecified atom stereocenters. The average molecular weight is 303 g/mol. The highest BCUT2D eigenvalue weighted by Crippen LogP contribution is 2.37. The predicted molar refractivity (Wildman–Crippen MR) is 90.7 cm³/mol. The Hall–Kier alpha value is -0.930. The van der Waals surface area contributed by atoms with E-state index in [0.29, 0.717) is 6.04 Å². The molecule has 3 heteroatoms. The molecular formula is C18H25NOS. The van der Waals surface area contributed by atoms with E-state index in [1.165, 1.54) is 36.8 Å². The van der Waals surface area contributed by atoms with E-state index in [1.54, 1.807) is 0 Å². The van der Waals surface area contributed by atoms with Crippen LogP contribution in [0.4, 0.5) is 0 Å². The highest BCUT2D eigenvalue weighted by molar-refractivity contribution is 7.85. The Morgan fingerprint density at radius 3 is 2.62 bits per heavy atom. The minimum atomic E-state index is -0.714. The van der Waals surface area contributed by atoms with Gasteiger partial charge in [0.15, 0.2) is 0 Å². The maximum absolute atomic E-state index is 12.0. The molecule has 0 radical (unpaired) electrons. The van der Waals surface area contributed by atoms with E-state index in [1.807, 2.05) is 6.26 Å². The van der Waals surface area contributed by atoms with Gasteiger partial charge < -0.3 is 5.32 Å². The molecule has 0 spiro atoms. The molecule has 0 amide bonds. The van der Waals surface area contributed by atoms with Crippen LogP contribution in [0.3, 0.4) is 0 Å².